The van der Waals surface area contributed by atoms with Gasteiger partial charge in [-0.3, -0.25) is 9.59 Å². The predicted octanol–water partition coefficient (Wildman–Crippen LogP) is 2.03. The predicted molar refractivity (Wildman–Crippen MR) is 58.2 cm³/mol. The van der Waals surface area contributed by atoms with Gasteiger partial charge in [0.15, 0.2) is 5.78 Å². The summed E-state index contributed by atoms with van der Waals surface area (Å²) in [5, 5.41) is -0.379. The van der Waals surface area contributed by atoms with Gasteiger partial charge >= 0.3 is 0 Å². The van der Waals surface area contributed by atoms with E-state index in [0.29, 0.717) is 25.0 Å². The molecule has 2 aliphatic rings. The van der Waals surface area contributed by atoms with E-state index in [-0.39, 0.29) is 10.9 Å². The number of hydrogen-bond donors (Lipinski definition) is 0. The van der Waals surface area contributed by atoms with Crippen molar-refractivity contribution in [2.45, 2.75) is 44.2 Å². The number of carbonyl (C=O) groups excluding carboxylic acids is 2. The Morgan fingerprint density at radius 1 is 1.21 bits per heavy atom. The highest BCUT2D eigenvalue weighted by molar-refractivity contribution is 7.21. The van der Waals surface area contributed by atoms with E-state index in [2.05, 4.69) is 9.24 Å². The summed E-state index contributed by atoms with van der Waals surface area (Å²) in [6, 6.07) is 0. The summed E-state index contributed by atoms with van der Waals surface area (Å²) in [6.45, 7) is 1.87. The summed E-state index contributed by atoms with van der Waals surface area (Å²) in [5.41, 5.74) is 1.94. The topological polar surface area (TPSA) is 34.1 Å². The van der Waals surface area contributed by atoms with Crippen LogP contribution in [0.5, 0.6) is 0 Å². The zero-order valence-electron chi connectivity index (χ0n) is 8.43. The van der Waals surface area contributed by atoms with Gasteiger partial charge in [0.1, 0.15) is 5.78 Å². The fourth-order valence-electron chi connectivity index (χ4n) is 2.52. The first-order chi connectivity index (χ1) is 6.55. The molecular weight excluding hydrogens is 195 g/mol. The lowest BCUT2D eigenvalue weighted by Crippen LogP contribution is -2.41. The highest BCUT2D eigenvalue weighted by atomic mass is 31.0. The van der Waals surface area contributed by atoms with Crippen LogP contribution in [0.3, 0.4) is 0 Å². The Balaban J connectivity index is 2.50. The minimum Gasteiger partial charge on any atom is -0.298 e. The molecular formula is C11H15O2P. The van der Waals surface area contributed by atoms with E-state index in [1.54, 1.807) is 0 Å². The van der Waals surface area contributed by atoms with Crippen molar-refractivity contribution in [2.24, 2.45) is 0 Å². The summed E-state index contributed by atoms with van der Waals surface area (Å²) in [4.78, 5) is 23.4. The molecule has 2 atom stereocenters. The monoisotopic (exact) mass is 210 g/mol. The lowest BCUT2D eigenvalue weighted by Gasteiger charge is -2.38. The molecule has 0 spiro atoms. The third kappa shape index (κ3) is 1.28. The summed E-state index contributed by atoms with van der Waals surface area (Å²) in [6.07, 6.45) is 3.74. The quantitative estimate of drug-likeness (QED) is 0.573. The maximum absolute atomic E-state index is 11.8. The summed E-state index contributed by atoms with van der Waals surface area (Å²) in [5.74, 6) is 0.531. The lowest BCUT2D eigenvalue weighted by atomic mass is 9.73. The van der Waals surface area contributed by atoms with Gasteiger partial charge < -0.3 is 0 Å². The molecule has 2 rings (SSSR count). The third-order valence-corrected chi connectivity index (χ3v) is 4.44. The Hall–Kier alpha value is -0.490. The average Bonchev–Trinajstić information content (AvgIpc) is 2.16. The molecule has 0 N–H and O–H groups in total. The van der Waals surface area contributed by atoms with Gasteiger partial charge in [-0.1, -0.05) is 0 Å². The Kier molecular flexibility index (Phi) is 2.35. The van der Waals surface area contributed by atoms with E-state index >= 15 is 0 Å². The van der Waals surface area contributed by atoms with Crippen LogP contribution in [-0.4, -0.2) is 16.7 Å². The fraction of sp³-hybridized carbons (Fsp3) is 0.636. The fourth-order valence-corrected chi connectivity index (χ4v) is 3.17. The molecule has 0 aromatic rings. The van der Waals surface area contributed by atoms with Crippen LogP contribution in [0.2, 0.25) is 0 Å². The first-order valence-corrected chi connectivity index (χ1v) is 5.69. The number of allylic oxidation sites excluding steroid dienone is 2. The molecule has 1 unspecified atom stereocenters. The van der Waals surface area contributed by atoms with Gasteiger partial charge in [-0.25, -0.2) is 0 Å². The molecule has 1 fully saturated rings. The standard InChI is InChI=1S/C11H15O2P/c1-7-8-3-2-4-10(13)11(8,14)6-5-9(7)12/h2-6,14H2,1H3/t11-/m0/s1. The molecule has 0 aliphatic heterocycles. The zero-order chi connectivity index (χ0) is 10.3. The molecule has 0 radical (unpaired) electrons. The van der Waals surface area contributed by atoms with Crippen molar-refractivity contribution in [1.82, 2.24) is 0 Å². The molecule has 0 heterocycles. The van der Waals surface area contributed by atoms with Gasteiger partial charge in [0.25, 0.3) is 0 Å². The molecule has 2 aliphatic carbocycles. The Bertz CT molecular complexity index is 343. The maximum Gasteiger partial charge on any atom is 0.158 e. The molecule has 0 aromatic carbocycles. The van der Waals surface area contributed by atoms with Crippen LogP contribution in [0.25, 0.3) is 0 Å². The number of fused-ring (bicyclic) bond motifs is 1. The molecule has 0 bridgehead atoms. The van der Waals surface area contributed by atoms with Gasteiger partial charge in [0, 0.05) is 12.8 Å². The largest absolute Gasteiger partial charge is 0.298 e. The van der Waals surface area contributed by atoms with Gasteiger partial charge in [-0.15, -0.1) is 9.24 Å². The summed E-state index contributed by atoms with van der Waals surface area (Å²) < 4.78 is 0. The molecule has 0 saturated heterocycles. The van der Waals surface area contributed by atoms with Crippen molar-refractivity contribution in [2.75, 3.05) is 0 Å². The van der Waals surface area contributed by atoms with Crippen LogP contribution < -0.4 is 0 Å². The van der Waals surface area contributed by atoms with E-state index in [0.717, 1.165) is 24.0 Å². The number of rotatable bonds is 0. The van der Waals surface area contributed by atoms with Crippen molar-refractivity contribution in [3.63, 3.8) is 0 Å². The second-order valence-corrected chi connectivity index (χ2v) is 5.26. The highest BCUT2D eigenvalue weighted by Crippen LogP contribution is 2.46. The normalized spacial score (nSPS) is 33.3. The van der Waals surface area contributed by atoms with E-state index in [1.807, 2.05) is 6.92 Å². The lowest BCUT2D eigenvalue weighted by molar-refractivity contribution is -0.122. The van der Waals surface area contributed by atoms with Gasteiger partial charge in [0.05, 0.1) is 5.16 Å². The van der Waals surface area contributed by atoms with Crippen LogP contribution in [0, 0.1) is 0 Å². The van der Waals surface area contributed by atoms with Crippen molar-refractivity contribution in [3.05, 3.63) is 11.1 Å². The molecule has 1 saturated carbocycles. The van der Waals surface area contributed by atoms with Crippen molar-refractivity contribution >= 4 is 20.8 Å². The van der Waals surface area contributed by atoms with Gasteiger partial charge in [-0.05, 0) is 37.3 Å². The molecule has 3 heteroatoms. The van der Waals surface area contributed by atoms with Crippen molar-refractivity contribution in [3.8, 4) is 0 Å². The number of hydrogen-bond acceptors (Lipinski definition) is 2. The minimum atomic E-state index is -0.379. The third-order valence-electron chi connectivity index (χ3n) is 3.48. The van der Waals surface area contributed by atoms with Crippen molar-refractivity contribution < 1.29 is 9.59 Å². The molecule has 0 amide bonds. The van der Waals surface area contributed by atoms with Crippen LogP contribution >= 0.6 is 9.24 Å². The second-order valence-electron chi connectivity index (χ2n) is 4.27. The van der Waals surface area contributed by atoms with E-state index in [1.165, 1.54) is 0 Å². The van der Waals surface area contributed by atoms with Crippen LogP contribution in [0.1, 0.15) is 39.0 Å². The number of ketones is 2. The molecule has 0 aromatic heterocycles. The minimum absolute atomic E-state index is 0.229. The van der Waals surface area contributed by atoms with E-state index in [9.17, 15) is 9.59 Å². The summed E-state index contributed by atoms with van der Waals surface area (Å²) in [7, 11) is 2.69. The van der Waals surface area contributed by atoms with E-state index < -0.39 is 0 Å². The van der Waals surface area contributed by atoms with Crippen molar-refractivity contribution in [1.29, 1.82) is 0 Å². The zero-order valence-corrected chi connectivity index (χ0v) is 9.58. The maximum atomic E-state index is 11.8. The molecule has 14 heavy (non-hydrogen) atoms. The Labute approximate surface area is 86.3 Å². The van der Waals surface area contributed by atoms with Gasteiger partial charge in [-0.2, -0.15) is 0 Å². The number of carbonyl (C=O) groups is 2. The first-order valence-electron chi connectivity index (χ1n) is 5.11. The second kappa shape index (κ2) is 3.27. The average molecular weight is 210 g/mol. The van der Waals surface area contributed by atoms with Crippen LogP contribution in [0.15, 0.2) is 11.1 Å². The summed E-state index contributed by atoms with van der Waals surface area (Å²) >= 11 is 0. The van der Waals surface area contributed by atoms with Gasteiger partial charge in [0.2, 0.25) is 0 Å². The SMILES string of the molecule is CC1=C2CCCC(=O)[C@]2(P)CCC1=O. The number of Topliss-reactive ketones (excluding diaryl/α,β-unsaturated/α-hetero) is 2. The Morgan fingerprint density at radius 3 is 2.64 bits per heavy atom. The molecule has 2 nitrogen and oxygen atoms in total. The van der Waals surface area contributed by atoms with Crippen LogP contribution in [-0.2, 0) is 9.59 Å². The van der Waals surface area contributed by atoms with E-state index in [4.69, 9.17) is 0 Å². The molecule has 76 valence electrons. The van der Waals surface area contributed by atoms with Crippen LogP contribution in [0.4, 0.5) is 0 Å². The Morgan fingerprint density at radius 2 is 1.93 bits per heavy atom. The smallest absolute Gasteiger partial charge is 0.158 e. The highest BCUT2D eigenvalue weighted by Gasteiger charge is 2.43. The first kappa shape index (κ1) is 10.0.